The summed E-state index contributed by atoms with van der Waals surface area (Å²) < 4.78 is 23.1. The van der Waals surface area contributed by atoms with E-state index in [1.54, 1.807) is 31.9 Å². The van der Waals surface area contributed by atoms with Gasteiger partial charge in [-0.05, 0) is 49.8 Å². The maximum absolute atomic E-state index is 12.4. The minimum atomic E-state index is -3.84. The fourth-order valence-corrected chi connectivity index (χ4v) is 3.50. The van der Waals surface area contributed by atoms with Gasteiger partial charge < -0.3 is 4.90 Å². The molecule has 0 spiro atoms. The van der Waals surface area contributed by atoms with Crippen LogP contribution < -0.4 is 0 Å². The van der Waals surface area contributed by atoms with Gasteiger partial charge in [0.2, 0.25) is 0 Å². The Hall–Kier alpha value is -1.07. The molecule has 0 radical (unpaired) electrons. The number of halogens is 1. The van der Waals surface area contributed by atoms with Gasteiger partial charge in [-0.2, -0.15) is 0 Å². The molecule has 0 N–H and O–H groups in total. The number of nitrogens with zero attached hydrogens (tertiary/aromatic N) is 1. The fraction of sp³-hybridized carbons (Fsp3) is 0.500. The summed E-state index contributed by atoms with van der Waals surface area (Å²) in [5, 5.41) is 0. The van der Waals surface area contributed by atoms with E-state index in [9.17, 15) is 13.2 Å². The molecule has 4 nitrogen and oxygen atoms in total. The maximum atomic E-state index is 12.4. The second-order valence-electron chi connectivity index (χ2n) is 5.50. The zero-order valence-corrected chi connectivity index (χ0v) is 13.4. The molecule has 1 fully saturated rings. The van der Waals surface area contributed by atoms with Crippen molar-refractivity contribution in [2.45, 2.75) is 31.6 Å². The first-order valence-corrected chi connectivity index (χ1v) is 8.82. The molecule has 0 bridgehead atoms. The highest BCUT2D eigenvalue weighted by atomic mass is 35.7. The normalized spacial score (nSPS) is 15.2. The average Bonchev–Trinajstić information content (AvgIpc) is 3.10. The summed E-state index contributed by atoms with van der Waals surface area (Å²) in [6, 6.07) is 3.08. The van der Waals surface area contributed by atoms with E-state index in [1.165, 1.54) is 6.07 Å². The molecule has 1 amide bonds. The number of carbonyl (C=O) groups excluding carboxylic acids is 1. The van der Waals surface area contributed by atoms with Crippen LogP contribution in [0.15, 0.2) is 17.0 Å². The second kappa shape index (κ2) is 5.37. The van der Waals surface area contributed by atoms with Gasteiger partial charge >= 0.3 is 0 Å². The first kappa shape index (κ1) is 15.3. The van der Waals surface area contributed by atoms with Gasteiger partial charge in [0.25, 0.3) is 15.0 Å². The highest BCUT2D eigenvalue weighted by Crippen LogP contribution is 2.30. The first-order valence-electron chi connectivity index (χ1n) is 6.51. The molecular formula is C14H18ClNO3S. The Bertz CT molecular complexity index is 651. The van der Waals surface area contributed by atoms with Gasteiger partial charge in [-0.1, -0.05) is 6.07 Å². The van der Waals surface area contributed by atoms with Crippen molar-refractivity contribution in [3.63, 3.8) is 0 Å². The number of hydrogen-bond acceptors (Lipinski definition) is 3. The van der Waals surface area contributed by atoms with Crippen LogP contribution in [0.25, 0.3) is 0 Å². The predicted octanol–water partition coefficient (Wildman–Crippen LogP) is 2.71. The summed E-state index contributed by atoms with van der Waals surface area (Å²) >= 11 is 0. The van der Waals surface area contributed by atoms with E-state index >= 15 is 0 Å². The van der Waals surface area contributed by atoms with Gasteiger partial charge in [-0.3, -0.25) is 4.79 Å². The summed E-state index contributed by atoms with van der Waals surface area (Å²) in [5.41, 5.74) is 1.72. The van der Waals surface area contributed by atoms with Crippen LogP contribution in [0, 0.1) is 19.8 Å². The molecule has 0 heterocycles. The van der Waals surface area contributed by atoms with Gasteiger partial charge in [0.1, 0.15) is 0 Å². The minimum absolute atomic E-state index is 0.00735. The number of amides is 1. The van der Waals surface area contributed by atoms with Crippen molar-refractivity contribution in [1.82, 2.24) is 4.90 Å². The molecule has 0 aromatic heterocycles. The van der Waals surface area contributed by atoms with Crippen LogP contribution in [-0.2, 0) is 9.05 Å². The van der Waals surface area contributed by atoms with E-state index in [2.05, 4.69) is 0 Å². The molecule has 1 aromatic rings. The second-order valence-corrected chi connectivity index (χ2v) is 8.03. The zero-order chi connectivity index (χ0) is 15.1. The van der Waals surface area contributed by atoms with Crippen molar-refractivity contribution in [1.29, 1.82) is 0 Å². The minimum Gasteiger partial charge on any atom is -0.341 e. The van der Waals surface area contributed by atoms with E-state index in [0.717, 1.165) is 24.9 Å². The SMILES string of the molecule is Cc1cc(C)c(S(=O)(=O)Cl)cc1C(=O)N(C)CC1CC1. The molecule has 0 unspecified atom stereocenters. The van der Waals surface area contributed by atoms with Crippen LogP contribution in [0.1, 0.15) is 34.3 Å². The average molecular weight is 316 g/mol. The van der Waals surface area contributed by atoms with Crippen molar-refractivity contribution < 1.29 is 13.2 Å². The third-order valence-electron chi connectivity index (χ3n) is 3.59. The molecule has 0 aliphatic heterocycles. The van der Waals surface area contributed by atoms with Gasteiger partial charge in [0.15, 0.2) is 0 Å². The topological polar surface area (TPSA) is 54.5 Å². The third kappa shape index (κ3) is 3.33. The van der Waals surface area contributed by atoms with E-state index in [4.69, 9.17) is 10.7 Å². The van der Waals surface area contributed by atoms with Crippen LogP contribution >= 0.6 is 10.7 Å². The predicted molar refractivity (Wildman–Crippen MR) is 78.6 cm³/mol. The van der Waals surface area contributed by atoms with Crippen LogP contribution in [0.3, 0.4) is 0 Å². The van der Waals surface area contributed by atoms with E-state index < -0.39 is 9.05 Å². The lowest BCUT2D eigenvalue weighted by molar-refractivity contribution is 0.0787. The summed E-state index contributed by atoms with van der Waals surface area (Å²) in [4.78, 5) is 14.1. The van der Waals surface area contributed by atoms with Crippen molar-refractivity contribution in [2.75, 3.05) is 13.6 Å². The number of carbonyl (C=O) groups is 1. The zero-order valence-electron chi connectivity index (χ0n) is 11.8. The molecule has 1 aliphatic rings. The molecule has 110 valence electrons. The fourth-order valence-electron chi connectivity index (χ4n) is 2.30. The van der Waals surface area contributed by atoms with Crippen molar-refractivity contribution in [3.8, 4) is 0 Å². The third-order valence-corrected chi connectivity index (χ3v) is 5.05. The molecule has 6 heteroatoms. The number of aryl methyl sites for hydroxylation is 2. The highest BCUT2D eigenvalue weighted by molar-refractivity contribution is 8.13. The first-order chi connectivity index (χ1) is 9.20. The van der Waals surface area contributed by atoms with Crippen LogP contribution in [0.4, 0.5) is 0 Å². The Labute approximate surface area is 124 Å². The molecule has 1 aliphatic carbocycles. The van der Waals surface area contributed by atoms with Crippen LogP contribution in [-0.4, -0.2) is 32.8 Å². The Morgan fingerprint density at radius 1 is 1.30 bits per heavy atom. The lowest BCUT2D eigenvalue weighted by atomic mass is 10.0. The molecule has 2 rings (SSSR count). The van der Waals surface area contributed by atoms with Crippen LogP contribution in [0.5, 0.6) is 0 Å². The molecule has 20 heavy (non-hydrogen) atoms. The van der Waals surface area contributed by atoms with Crippen molar-refractivity contribution in [3.05, 3.63) is 28.8 Å². The van der Waals surface area contributed by atoms with Crippen molar-refractivity contribution >= 4 is 25.6 Å². The van der Waals surface area contributed by atoms with E-state index in [-0.39, 0.29) is 10.8 Å². The quantitative estimate of drug-likeness (QED) is 0.803. The van der Waals surface area contributed by atoms with E-state index in [1.807, 2.05) is 0 Å². The molecule has 0 atom stereocenters. The molecule has 1 saturated carbocycles. The van der Waals surface area contributed by atoms with Crippen molar-refractivity contribution in [2.24, 2.45) is 5.92 Å². The molecule has 1 aromatic carbocycles. The molecular weight excluding hydrogens is 298 g/mol. The van der Waals surface area contributed by atoms with Gasteiger partial charge in [-0.15, -0.1) is 0 Å². The summed E-state index contributed by atoms with van der Waals surface area (Å²) in [6.07, 6.45) is 2.32. The summed E-state index contributed by atoms with van der Waals surface area (Å²) in [5.74, 6) is 0.432. The van der Waals surface area contributed by atoms with Gasteiger partial charge in [0.05, 0.1) is 4.90 Å². The Morgan fingerprint density at radius 2 is 1.90 bits per heavy atom. The smallest absolute Gasteiger partial charge is 0.261 e. The number of benzene rings is 1. The monoisotopic (exact) mass is 315 g/mol. The standard InChI is InChI=1S/C14H18ClNO3S/c1-9-6-10(2)13(20(15,18)19)7-12(9)14(17)16(3)8-11-4-5-11/h6-7,11H,4-5,8H2,1-3H3. The molecule has 0 saturated heterocycles. The Balaban J connectivity index is 2.37. The lowest BCUT2D eigenvalue weighted by Gasteiger charge is -2.19. The maximum Gasteiger partial charge on any atom is 0.261 e. The summed E-state index contributed by atoms with van der Waals surface area (Å²) in [6.45, 7) is 4.19. The van der Waals surface area contributed by atoms with E-state index in [0.29, 0.717) is 17.0 Å². The van der Waals surface area contributed by atoms with Crippen LogP contribution in [0.2, 0.25) is 0 Å². The number of hydrogen-bond donors (Lipinski definition) is 0. The van der Waals surface area contributed by atoms with Gasteiger partial charge in [-0.25, -0.2) is 8.42 Å². The Kier molecular flexibility index (Phi) is 4.12. The summed E-state index contributed by atoms with van der Waals surface area (Å²) in [7, 11) is 3.32. The number of rotatable bonds is 4. The van der Waals surface area contributed by atoms with Gasteiger partial charge in [0, 0.05) is 29.8 Å². The highest BCUT2D eigenvalue weighted by Gasteiger charge is 2.26. The Morgan fingerprint density at radius 3 is 2.40 bits per heavy atom. The largest absolute Gasteiger partial charge is 0.341 e. The lowest BCUT2D eigenvalue weighted by Crippen LogP contribution is -2.29.